The van der Waals surface area contributed by atoms with Gasteiger partial charge in [-0.25, -0.2) is 4.79 Å². The van der Waals surface area contributed by atoms with E-state index < -0.39 is 11.8 Å². The lowest BCUT2D eigenvalue weighted by Gasteiger charge is -2.12. The van der Waals surface area contributed by atoms with E-state index in [0.717, 1.165) is 6.42 Å². The van der Waals surface area contributed by atoms with Crippen molar-refractivity contribution in [3.63, 3.8) is 0 Å². The molecule has 2 aromatic rings. The monoisotopic (exact) mass is 356 g/mol. The van der Waals surface area contributed by atoms with Gasteiger partial charge in [-0.1, -0.05) is 13.3 Å². The Hall–Kier alpha value is -1.83. The number of oxazole rings is 1. The molecule has 1 aromatic heterocycles. The third-order valence-electron chi connectivity index (χ3n) is 3.64. The topological polar surface area (TPSA) is 93.5 Å². The van der Waals surface area contributed by atoms with Crippen molar-refractivity contribution >= 4 is 35.1 Å². The van der Waals surface area contributed by atoms with Crippen LogP contribution in [-0.2, 0) is 11.3 Å². The number of anilines is 1. The number of likely N-dealkylation sites (N-methyl/N-ethyl adjacent to an activating group) is 1. The number of nitrogens with zero attached hydrogens (tertiary/aromatic N) is 2. The van der Waals surface area contributed by atoms with Crippen molar-refractivity contribution in [3.05, 3.63) is 28.7 Å². The van der Waals surface area contributed by atoms with Crippen LogP contribution in [0, 0.1) is 0 Å². The molecule has 0 saturated heterocycles. The number of nitrogens with one attached hydrogen (secondary N) is 1. The lowest BCUT2D eigenvalue weighted by molar-refractivity contribution is -0.117. The van der Waals surface area contributed by atoms with Crippen LogP contribution in [0.25, 0.3) is 11.1 Å². The van der Waals surface area contributed by atoms with Gasteiger partial charge in [0.2, 0.25) is 5.91 Å². The number of halogens is 1. The molecular weight excluding hydrogens is 332 g/mol. The third kappa shape index (κ3) is 4.83. The summed E-state index contributed by atoms with van der Waals surface area (Å²) in [5.41, 5.74) is 7.59. The first kappa shape index (κ1) is 20.2. The predicted octanol–water partition coefficient (Wildman–Crippen LogP) is 1.64. The van der Waals surface area contributed by atoms with Crippen LogP contribution >= 0.6 is 12.4 Å². The second kappa shape index (κ2) is 8.86. The number of nitrogens with two attached hydrogens (primary N) is 1. The summed E-state index contributed by atoms with van der Waals surface area (Å²) in [6.45, 7) is 3.21. The smallest absolute Gasteiger partial charge is 0.408 e. The van der Waals surface area contributed by atoms with Gasteiger partial charge in [0, 0.05) is 18.8 Å². The fourth-order valence-electron chi connectivity index (χ4n) is 2.33. The average Bonchev–Trinajstić information content (AvgIpc) is 2.80. The van der Waals surface area contributed by atoms with Gasteiger partial charge in [0.05, 0.1) is 11.6 Å². The molecule has 2 rings (SSSR count). The van der Waals surface area contributed by atoms with Crippen LogP contribution in [0.2, 0.25) is 0 Å². The molecule has 1 unspecified atom stereocenters. The van der Waals surface area contributed by atoms with E-state index in [-0.39, 0.29) is 18.3 Å². The number of fused-ring (bicyclic) bond motifs is 1. The van der Waals surface area contributed by atoms with E-state index in [1.165, 1.54) is 0 Å². The molecule has 1 amide bonds. The molecule has 3 N–H and O–H groups in total. The lowest BCUT2D eigenvalue weighted by Crippen LogP contribution is -2.35. The van der Waals surface area contributed by atoms with Gasteiger partial charge in [0.1, 0.15) is 0 Å². The van der Waals surface area contributed by atoms with E-state index in [1.54, 1.807) is 22.8 Å². The fourth-order valence-corrected chi connectivity index (χ4v) is 2.33. The molecule has 0 aliphatic heterocycles. The molecule has 0 aliphatic rings. The van der Waals surface area contributed by atoms with Gasteiger partial charge in [-0.15, -0.1) is 12.4 Å². The molecule has 24 heavy (non-hydrogen) atoms. The van der Waals surface area contributed by atoms with E-state index in [0.29, 0.717) is 36.3 Å². The molecule has 0 radical (unpaired) electrons. The maximum absolute atomic E-state index is 12.0. The zero-order valence-corrected chi connectivity index (χ0v) is 15.1. The Bertz CT molecular complexity index is 738. The van der Waals surface area contributed by atoms with Gasteiger partial charge in [-0.05, 0) is 38.7 Å². The molecule has 1 aromatic carbocycles. The van der Waals surface area contributed by atoms with E-state index in [4.69, 9.17) is 10.2 Å². The highest BCUT2D eigenvalue weighted by Gasteiger charge is 2.14. The van der Waals surface area contributed by atoms with Crippen LogP contribution in [0.1, 0.15) is 19.8 Å². The largest absolute Gasteiger partial charge is 0.419 e. The zero-order chi connectivity index (χ0) is 17.0. The predicted molar refractivity (Wildman–Crippen MR) is 97.8 cm³/mol. The molecule has 0 bridgehead atoms. The van der Waals surface area contributed by atoms with Crippen LogP contribution in [0.3, 0.4) is 0 Å². The summed E-state index contributed by atoms with van der Waals surface area (Å²) in [6, 6.07) is 4.60. The Morgan fingerprint density at radius 2 is 2.12 bits per heavy atom. The second-order valence-electron chi connectivity index (χ2n) is 5.89. The Labute approximate surface area is 147 Å². The average molecular weight is 357 g/mol. The quantitative estimate of drug-likeness (QED) is 0.786. The molecule has 1 atom stereocenters. The van der Waals surface area contributed by atoms with Gasteiger partial charge < -0.3 is 20.4 Å². The summed E-state index contributed by atoms with van der Waals surface area (Å²) in [5, 5.41) is 2.79. The molecule has 8 heteroatoms. The van der Waals surface area contributed by atoms with Crippen LogP contribution in [-0.4, -0.2) is 42.1 Å². The summed E-state index contributed by atoms with van der Waals surface area (Å²) in [4.78, 5) is 25.9. The number of carbonyl (C=O) groups is 1. The summed E-state index contributed by atoms with van der Waals surface area (Å²) in [6.07, 6.45) is 1.48. The Morgan fingerprint density at radius 1 is 1.42 bits per heavy atom. The van der Waals surface area contributed by atoms with E-state index in [2.05, 4.69) is 5.32 Å². The van der Waals surface area contributed by atoms with Crippen molar-refractivity contribution in [1.29, 1.82) is 0 Å². The van der Waals surface area contributed by atoms with Crippen LogP contribution in [0.4, 0.5) is 5.69 Å². The minimum atomic E-state index is -0.531. The molecule has 0 aliphatic carbocycles. The first-order chi connectivity index (χ1) is 10.9. The highest BCUT2D eigenvalue weighted by molar-refractivity contribution is 5.96. The van der Waals surface area contributed by atoms with E-state index >= 15 is 0 Å². The molecule has 7 nitrogen and oxygen atoms in total. The molecule has 134 valence electrons. The van der Waals surface area contributed by atoms with Crippen molar-refractivity contribution in [1.82, 2.24) is 9.47 Å². The van der Waals surface area contributed by atoms with Crippen LogP contribution in [0.5, 0.6) is 0 Å². The maximum Gasteiger partial charge on any atom is 0.419 e. The molecule has 1 heterocycles. The van der Waals surface area contributed by atoms with Crippen LogP contribution < -0.4 is 16.8 Å². The zero-order valence-electron chi connectivity index (χ0n) is 14.2. The number of hydrogen-bond acceptors (Lipinski definition) is 5. The fraction of sp³-hybridized carbons (Fsp3) is 0.500. The number of benzene rings is 1. The molecule has 0 saturated carbocycles. The van der Waals surface area contributed by atoms with Gasteiger partial charge in [0.15, 0.2) is 5.58 Å². The lowest BCUT2D eigenvalue weighted by atomic mass is 10.1. The SMILES string of the molecule is CCCC(N)C(=O)Nc1ccc2oc(=O)n(CCN(C)C)c2c1.Cl. The van der Waals surface area contributed by atoms with Crippen molar-refractivity contribution in [3.8, 4) is 0 Å². The summed E-state index contributed by atoms with van der Waals surface area (Å²) in [7, 11) is 3.88. The summed E-state index contributed by atoms with van der Waals surface area (Å²) >= 11 is 0. The van der Waals surface area contributed by atoms with Gasteiger partial charge in [-0.3, -0.25) is 9.36 Å². The third-order valence-corrected chi connectivity index (χ3v) is 3.64. The number of carbonyl (C=O) groups excluding carboxylic acids is 1. The van der Waals surface area contributed by atoms with E-state index in [9.17, 15) is 9.59 Å². The number of aromatic nitrogens is 1. The second-order valence-corrected chi connectivity index (χ2v) is 5.89. The van der Waals surface area contributed by atoms with Gasteiger partial charge in [-0.2, -0.15) is 0 Å². The Balaban J connectivity index is 0.00000288. The van der Waals surface area contributed by atoms with Gasteiger partial charge in [0.25, 0.3) is 0 Å². The van der Waals surface area contributed by atoms with E-state index in [1.807, 2.05) is 25.9 Å². The number of rotatable bonds is 7. The highest BCUT2D eigenvalue weighted by atomic mass is 35.5. The van der Waals surface area contributed by atoms with Gasteiger partial charge >= 0.3 is 5.76 Å². The Kier molecular flexibility index (Phi) is 7.47. The normalized spacial score (nSPS) is 12.2. The Morgan fingerprint density at radius 3 is 2.75 bits per heavy atom. The molecule has 0 fully saturated rings. The maximum atomic E-state index is 12.0. The van der Waals surface area contributed by atoms with Crippen molar-refractivity contribution < 1.29 is 9.21 Å². The van der Waals surface area contributed by atoms with Crippen LogP contribution in [0.15, 0.2) is 27.4 Å². The summed E-state index contributed by atoms with van der Waals surface area (Å²) in [5.74, 6) is -0.620. The molecular formula is C16H25ClN4O3. The minimum Gasteiger partial charge on any atom is -0.408 e. The van der Waals surface area contributed by atoms with Crippen molar-refractivity contribution in [2.24, 2.45) is 5.73 Å². The highest BCUT2D eigenvalue weighted by Crippen LogP contribution is 2.19. The molecule has 0 spiro atoms. The first-order valence-corrected chi connectivity index (χ1v) is 7.77. The number of hydrogen-bond donors (Lipinski definition) is 2. The first-order valence-electron chi connectivity index (χ1n) is 7.77. The number of amides is 1. The summed E-state index contributed by atoms with van der Waals surface area (Å²) < 4.78 is 6.80. The minimum absolute atomic E-state index is 0. The van der Waals surface area contributed by atoms with Crippen molar-refractivity contribution in [2.45, 2.75) is 32.4 Å². The standard InChI is InChI=1S/C16H24N4O3.ClH/c1-4-5-12(17)15(21)18-11-6-7-14-13(10-11)20(16(22)23-14)9-8-19(2)3;/h6-7,10,12H,4-5,8-9,17H2,1-3H3,(H,18,21);1H. The van der Waals surface area contributed by atoms with Crippen molar-refractivity contribution in [2.75, 3.05) is 26.0 Å².